The Balaban J connectivity index is 1.71. The van der Waals surface area contributed by atoms with Gasteiger partial charge in [0.15, 0.2) is 10.6 Å². The van der Waals surface area contributed by atoms with Crippen LogP contribution in [0.1, 0.15) is 28.4 Å². The normalized spacial score (nSPS) is 13.5. The average molecular weight is 348 g/mol. The lowest BCUT2D eigenvalue weighted by atomic mass is 10.2. The first-order chi connectivity index (χ1) is 12.2. The molecule has 0 radical (unpaired) electrons. The molecule has 1 aromatic carbocycles. The van der Waals surface area contributed by atoms with E-state index in [9.17, 15) is 0 Å². The second-order valence-corrected chi connectivity index (χ2v) is 7.68. The van der Waals surface area contributed by atoms with Crippen LogP contribution in [-0.2, 0) is 12.8 Å². The minimum absolute atomic E-state index is 0.696. The highest BCUT2D eigenvalue weighted by Gasteiger charge is 2.27. The van der Waals surface area contributed by atoms with Gasteiger partial charge in [-0.1, -0.05) is 29.5 Å². The number of aromatic nitrogens is 3. The maximum Gasteiger partial charge on any atom is 0.346 e. The predicted molar refractivity (Wildman–Crippen MR) is 99.5 cm³/mol. The second-order valence-electron chi connectivity index (χ2n) is 6.57. The number of fused-ring (bicyclic) bond motifs is 4. The summed E-state index contributed by atoms with van der Waals surface area (Å²) in [4.78, 5) is 15.4. The molecular formula is C20H18N3OS+. The molecule has 0 aliphatic heterocycles. The van der Waals surface area contributed by atoms with Crippen molar-refractivity contribution in [1.29, 1.82) is 0 Å². The highest BCUT2D eigenvalue weighted by molar-refractivity contribution is 7.18. The van der Waals surface area contributed by atoms with Gasteiger partial charge < -0.3 is 4.74 Å². The Hall–Kier alpha value is -2.53. The summed E-state index contributed by atoms with van der Waals surface area (Å²) < 4.78 is 6.34. The summed E-state index contributed by atoms with van der Waals surface area (Å²) >= 11 is 1.84. The fraction of sp³-hybridized carbons (Fsp3) is 0.250. The lowest BCUT2D eigenvalue weighted by Gasteiger charge is -2.07. The van der Waals surface area contributed by atoms with Crippen molar-refractivity contribution in [1.82, 2.24) is 9.97 Å². The molecule has 0 saturated carbocycles. The third-order valence-corrected chi connectivity index (χ3v) is 5.94. The van der Waals surface area contributed by atoms with Crippen LogP contribution in [0.15, 0.2) is 30.3 Å². The molecule has 0 bridgehead atoms. The monoisotopic (exact) mass is 348 g/mol. The summed E-state index contributed by atoms with van der Waals surface area (Å²) in [6.07, 6.45) is 3.49. The number of nitrogens with one attached hydrogen (secondary N) is 1. The van der Waals surface area contributed by atoms with E-state index in [0.29, 0.717) is 5.88 Å². The topological polar surface area (TPSA) is 49.2 Å². The standard InChI is InChI=1S/C20H17N3OS/c1-11-9-10-13-5-3-7-15(18(13)21-11)24-19-17-14-6-4-8-16(14)25-20(17)23-12(2)22-19/h3,5,7,9-10H,4,6,8H2,1-2H3/p+1. The molecule has 5 rings (SSSR count). The Labute approximate surface area is 149 Å². The number of hydrogen-bond donors (Lipinski definition) is 0. The molecule has 1 N–H and O–H groups in total. The Kier molecular flexibility index (Phi) is 3.25. The van der Waals surface area contributed by atoms with Gasteiger partial charge in [-0.15, -0.1) is 0 Å². The fourth-order valence-electron chi connectivity index (χ4n) is 3.60. The van der Waals surface area contributed by atoms with Gasteiger partial charge >= 0.3 is 5.88 Å². The Morgan fingerprint density at radius 3 is 2.92 bits per heavy atom. The van der Waals surface area contributed by atoms with Crippen LogP contribution in [0.5, 0.6) is 11.6 Å². The average Bonchev–Trinajstić information content (AvgIpc) is 3.15. The maximum absolute atomic E-state index is 6.34. The van der Waals surface area contributed by atoms with Gasteiger partial charge in [0.25, 0.3) is 5.82 Å². The summed E-state index contributed by atoms with van der Waals surface area (Å²) in [5.74, 6) is 2.33. The number of thiophene rings is 1. The summed E-state index contributed by atoms with van der Waals surface area (Å²) in [5, 5.41) is 2.22. The molecule has 124 valence electrons. The number of aromatic amines is 1. The number of H-pyrrole nitrogens is 1. The van der Waals surface area contributed by atoms with E-state index in [-0.39, 0.29) is 0 Å². The van der Waals surface area contributed by atoms with Crippen LogP contribution < -0.4 is 9.72 Å². The first-order valence-electron chi connectivity index (χ1n) is 8.57. The minimum Gasteiger partial charge on any atom is -0.417 e. The smallest absolute Gasteiger partial charge is 0.346 e. The first-order valence-corrected chi connectivity index (χ1v) is 9.39. The van der Waals surface area contributed by atoms with Gasteiger partial charge in [0.05, 0.1) is 0 Å². The Bertz CT molecular complexity index is 1130. The van der Waals surface area contributed by atoms with Crippen molar-refractivity contribution in [3.05, 3.63) is 52.3 Å². The van der Waals surface area contributed by atoms with E-state index in [0.717, 1.165) is 51.2 Å². The maximum atomic E-state index is 6.34. The van der Waals surface area contributed by atoms with Crippen LogP contribution in [0.4, 0.5) is 0 Å². The number of pyridine rings is 1. The van der Waals surface area contributed by atoms with Gasteiger partial charge in [-0.3, -0.25) is 0 Å². The molecule has 25 heavy (non-hydrogen) atoms. The molecule has 4 aromatic rings. The summed E-state index contributed by atoms with van der Waals surface area (Å²) in [5.41, 5.74) is 3.27. The van der Waals surface area contributed by atoms with Crippen LogP contribution in [0.2, 0.25) is 0 Å². The molecule has 0 amide bonds. The summed E-state index contributed by atoms with van der Waals surface area (Å²) in [7, 11) is 0. The largest absolute Gasteiger partial charge is 0.417 e. The van der Waals surface area contributed by atoms with Crippen molar-refractivity contribution < 1.29 is 9.72 Å². The predicted octanol–water partition coefficient (Wildman–Crippen LogP) is 4.56. The fourth-order valence-corrected chi connectivity index (χ4v) is 4.93. The third-order valence-electron chi connectivity index (χ3n) is 4.73. The zero-order valence-corrected chi connectivity index (χ0v) is 15.0. The van der Waals surface area contributed by atoms with Crippen molar-refractivity contribution in [3.8, 4) is 11.6 Å². The number of ether oxygens (including phenoxy) is 1. The van der Waals surface area contributed by atoms with Crippen LogP contribution >= 0.6 is 11.3 Å². The summed E-state index contributed by atoms with van der Waals surface area (Å²) in [6.45, 7) is 3.97. The molecule has 0 unspecified atom stereocenters. The van der Waals surface area contributed by atoms with Crippen molar-refractivity contribution >= 4 is 32.5 Å². The molecular weight excluding hydrogens is 330 g/mol. The molecule has 0 atom stereocenters. The van der Waals surface area contributed by atoms with E-state index in [4.69, 9.17) is 4.74 Å². The van der Waals surface area contributed by atoms with Crippen molar-refractivity contribution in [2.75, 3.05) is 0 Å². The van der Waals surface area contributed by atoms with Crippen LogP contribution in [0.25, 0.3) is 21.1 Å². The molecule has 1 aliphatic carbocycles. The van der Waals surface area contributed by atoms with E-state index in [1.165, 1.54) is 16.9 Å². The number of rotatable bonds is 2. The lowest BCUT2D eigenvalue weighted by molar-refractivity contribution is -0.357. The molecule has 5 heteroatoms. The van der Waals surface area contributed by atoms with Gasteiger partial charge in [-0.25, -0.2) is 9.97 Å². The minimum atomic E-state index is 0.696. The molecule has 0 fully saturated rings. The van der Waals surface area contributed by atoms with E-state index >= 15 is 0 Å². The van der Waals surface area contributed by atoms with E-state index in [1.807, 2.05) is 43.4 Å². The molecule has 4 nitrogen and oxygen atoms in total. The van der Waals surface area contributed by atoms with Crippen LogP contribution in [-0.4, -0.2) is 9.97 Å². The first kappa shape index (κ1) is 14.8. The van der Waals surface area contributed by atoms with Gasteiger partial charge in [-0.05, 0) is 48.9 Å². The van der Waals surface area contributed by atoms with Gasteiger partial charge in [-0.2, -0.15) is 0 Å². The Morgan fingerprint density at radius 1 is 1.08 bits per heavy atom. The molecule has 3 aromatic heterocycles. The van der Waals surface area contributed by atoms with Crippen molar-refractivity contribution in [2.45, 2.75) is 33.1 Å². The highest BCUT2D eigenvalue weighted by atomic mass is 32.1. The van der Waals surface area contributed by atoms with Gasteiger partial charge in [0, 0.05) is 22.9 Å². The third kappa shape index (κ3) is 2.38. The van der Waals surface area contributed by atoms with Crippen LogP contribution in [0.3, 0.4) is 0 Å². The lowest BCUT2D eigenvalue weighted by Crippen LogP contribution is -2.11. The zero-order valence-electron chi connectivity index (χ0n) is 14.2. The zero-order chi connectivity index (χ0) is 17.0. The van der Waals surface area contributed by atoms with E-state index < -0.39 is 0 Å². The van der Waals surface area contributed by atoms with Gasteiger partial charge in [0.2, 0.25) is 0 Å². The number of para-hydroxylation sites is 1. The van der Waals surface area contributed by atoms with Gasteiger partial charge in [0.1, 0.15) is 10.9 Å². The summed E-state index contributed by atoms with van der Waals surface area (Å²) in [6, 6.07) is 10.1. The van der Waals surface area contributed by atoms with Crippen LogP contribution in [0, 0.1) is 13.8 Å². The number of nitrogens with zero attached hydrogens (tertiary/aromatic N) is 2. The number of benzene rings is 1. The molecule has 0 saturated heterocycles. The SMILES string of the molecule is Cc1ccc2cccc(Oc3nc(C)[nH+]c4sc5c(c34)CCC5)c2n1. The Morgan fingerprint density at radius 2 is 2.00 bits per heavy atom. The highest BCUT2D eigenvalue weighted by Crippen LogP contribution is 2.41. The number of aryl methyl sites for hydroxylation is 4. The van der Waals surface area contributed by atoms with E-state index in [1.54, 1.807) is 0 Å². The van der Waals surface area contributed by atoms with Crippen molar-refractivity contribution in [2.24, 2.45) is 0 Å². The number of hydrogen-bond acceptors (Lipinski definition) is 4. The second kappa shape index (κ2) is 5.49. The molecule has 3 heterocycles. The van der Waals surface area contributed by atoms with Crippen molar-refractivity contribution in [3.63, 3.8) is 0 Å². The quantitative estimate of drug-likeness (QED) is 0.534. The molecule has 1 aliphatic rings. The molecule has 0 spiro atoms. The van der Waals surface area contributed by atoms with E-state index in [2.05, 4.69) is 27.1 Å².